The van der Waals surface area contributed by atoms with E-state index < -0.39 is 34.3 Å². The van der Waals surface area contributed by atoms with Gasteiger partial charge in [-0.15, -0.1) is 0 Å². The summed E-state index contributed by atoms with van der Waals surface area (Å²) in [5, 5.41) is 2.56. The lowest BCUT2D eigenvalue weighted by atomic mass is 10.2. The molecule has 0 aliphatic rings. The van der Waals surface area contributed by atoms with Gasteiger partial charge in [0, 0.05) is 5.69 Å². The summed E-state index contributed by atoms with van der Waals surface area (Å²) in [6.07, 6.45) is 0. The van der Waals surface area contributed by atoms with Crippen LogP contribution < -0.4 is 14.4 Å². The van der Waals surface area contributed by atoms with E-state index >= 15 is 0 Å². The van der Waals surface area contributed by atoms with Crippen molar-refractivity contribution in [2.75, 3.05) is 29.9 Å². The minimum atomic E-state index is -4.33. The van der Waals surface area contributed by atoms with Gasteiger partial charge in [-0.2, -0.15) is 0 Å². The van der Waals surface area contributed by atoms with Crippen molar-refractivity contribution in [2.24, 2.45) is 0 Å². The van der Waals surface area contributed by atoms with Crippen molar-refractivity contribution < 1.29 is 31.9 Å². The summed E-state index contributed by atoms with van der Waals surface area (Å²) in [7, 11) is -2.90. The molecule has 0 heterocycles. The number of para-hydroxylation sites is 1. The summed E-state index contributed by atoms with van der Waals surface area (Å²) in [6.45, 7) is 1.09. The quantitative estimate of drug-likeness (QED) is 0.417. The Hall–Kier alpha value is -3.63. The Morgan fingerprint density at radius 2 is 1.74 bits per heavy atom. The summed E-state index contributed by atoms with van der Waals surface area (Å²) in [5.41, 5.74) is 0.0270. The molecule has 3 rings (SSSR count). The fraction of sp³-hybridized carbons (Fsp3) is 0.167. The van der Waals surface area contributed by atoms with Crippen molar-refractivity contribution in [1.82, 2.24) is 0 Å². The van der Waals surface area contributed by atoms with Crippen LogP contribution in [-0.2, 0) is 19.6 Å². The van der Waals surface area contributed by atoms with E-state index in [0.717, 1.165) is 6.07 Å². The number of carbonyl (C=O) groups is 2. The Labute approximate surface area is 207 Å². The lowest BCUT2D eigenvalue weighted by molar-refractivity contribution is -0.114. The number of sulfonamides is 1. The van der Waals surface area contributed by atoms with Crippen LogP contribution in [-0.4, -0.2) is 40.6 Å². The summed E-state index contributed by atoms with van der Waals surface area (Å²) in [4.78, 5) is 24.6. The number of anilines is 2. The maximum Gasteiger partial charge on any atom is 0.339 e. The zero-order valence-electron chi connectivity index (χ0n) is 18.8. The SMILES string of the molecule is CCOC(=O)c1ccc(NC(=O)CN(c2ccccc2F)S(=O)(=O)c2ccc(OC)cc2)cc1Cl. The van der Waals surface area contributed by atoms with Gasteiger partial charge < -0.3 is 14.8 Å². The van der Waals surface area contributed by atoms with Crippen LogP contribution in [0.4, 0.5) is 15.8 Å². The highest BCUT2D eigenvalue weighted by molar-refractivity contribution is 7.92. The van der Waals surface area contributed by atoms with Crippen molar-refractivity contribution in [3.8, 4) is 5.75 Å². The smallest absolute Gasteiger partial charge is 0.339 e. The molecule has 0 aromatic heterocycles. The van der Waals surface area contributed by atoms with Gasteiger partial charge in [0.05, 0.1) is 34.9 Å². The Bertz CT molecular complexity index is 1330. The third kappa shape index (κ3) is 6.09. The van der Waals surface area contributed by atoms with Crippen LogP contribution in [0.1, 0.15) is 17.3 Å². The minimum Gasteiger partial charge on any atom is -0.497 e. The van der Waals surface area contributed by atoms with Crippen molar-refractivity contribution in [1.29, 1.82) is 0 Å². The van der Waals surface area contributed by atoms with E-state index in [1.807, 2.05) is 0 Å². The summed E-state index contributed by atoms with van der Waals surface area (Å²) < 4.78 is 52.0. The molecule has 0 aliphatic carbocycles. The van der Waals surface area contributed by atoms with Gasteiger partial charge in [-0.25, -0.2) is 17.6 Å². The molecule has 35 heavy (non-hydrogen) atoms. The second-order valence-electron chi connectivity index (χ2n) is 7.10. The lowest BCUT2D eigenvalue weighted by Gasteiger charge is -2.24. The Morgan fingerprint density at radius 1 is 1.06 bits per heavy atom. The van der Waals surface area contributed by atoms with E-state index in [1.54, 1.807) is 6.92 Å². The normalized spacial score (nSPS) is 11.0. The maximum absolute atomic E-state index is 14.6. The fourth-order valence-electron chi connectivity index (χ4n) is 3.13. The highest BCUT2D eigenvalue weighted by Gasteiger charge is 2.29. The number of carbonyl (C=O) groups excluding carboxylic acids is 2. The topological polar surface area (TPSA) is 102 Å². The number of amides is 1. The summed E-state index contributed by atoms with van der Waals surface area (Å²) in [5.74, 6) is -1.77. The van der Waals surface area contributed by atoms with E-state index in [9.17, 15) is 22.4 Å². The number of benzene rings is 3. The number of rotatable bonds is 9. The molecular formula is C24H22ClFN2O6S. The predicted octanol–water partition coefficient (Wildman–Crippen LogP) is 4.50. The average molecular weight is 521 g/mol. The van der Waals surface area contributed by atoms with Crippen LogP contribution in [0.15, 0.2) is 71.6 Å². The maximum atomic E-state index is 14.6. The predicted molar refractivity (Wildman–Crippen MR) is 130 cm³/mol. The molecule has 0 atom stereocenters. The largest absolute Gasteiger partial charge is 0.497 e. The number of halogens is 2. The van der Waals surface area contributed by atoms with Gasteiger partial charge in [0.15, 0.2) is 0 Å². The van der Waals surface area contributed by atoms with Gasteiger partial charge in [0.2, 0.25) is 5.91 Å². The molecule has 0 unspecified atom stereocenters. The minimum absolute atomic E-state index is 0.0399. The molecule has 0 radical (unpaired) electrons. The van der Waals surface area contributed by atoms with Crippen molar-refractivity contribution in [3.63, 3.8) is 0 Å². The first-order valence-corrected chi connectivity index (χ1v) is 12.2. The Morgan fingerprint density at radius 3 is 2.34 bits per heavy atom. The van der Waals surface area contributed by atoms with Crippen LogP contribution >= 0.6 is 11.6 Å². The van der Waals surface area contributed by atoms with Crippen molar-refractivity contribution in [2.45, 2.75) is 11.8 Å². The number of nitrogens with zero attached hydrogens (tertiary/aromatic N) is 1. The molecule has 0 bridgehead atoms. The van der Waals surface area contributed by atoms with Gasteiger partial charge in [-0.3, -0.25) is 9.10 Å². The molecule has 1 N–H and O–H groups in total. The number of hydrogen-bond acceptors (Lipinski definition) is 6. The zero-order chi connectivity index (χ0) is 25.6. The molecule has 3 aromatic carbocycles. The average Bonchev–Trinajstić information content (AvgIpc) is 2.83. The molecule has 8 nitrogen and oxygen atoms in total. The van der Waals surface area contributed by atoms with Crippen molar-refractivity contribution >= 4 is 44.9 Å². The monoisotopic (exact) mass is 520 g/mol. The summed E-state index contributed by atoms with van der Waals surface area (Å²) in [6, 6.07) is 14.8. The lowest BCUT2D eigenvalue weighted by Crippen LogP contribution is -2.38. The molecular weight excluding hydrogens is 499 g/mol. The highest BCUT2D eigenvalue weighted by atomic mass is 35.5. The second-order valence-corrected chi connectivity index (χ2v) is 9.37. The first kappa shape index (κ1) is 26.0. The molecule has 11 heteroatoms. The van der Waals surface area contributed by atoms with E-state index in [0.29, 0.717) is 10.1 Å². The summed E-state index contributed by atoms with van der Waals surface area (Å²) >= 11 is 6.12. The molecule has 0 saturated carbocycles. The molecule has 0 saturated heterocycles. The van der Waals surface area contributed by atoms with E-state index in [-0.39, 0.29) is 33.5 Å². The Kier molecular flexibility index (Phi) is 8.31. The van der Waals surface area contributed by atoms with E-state index in [2.05, 4.69) is 5.32 Å². The van der Waals surface area contributed by atoms with E-state index in [4.69, 9.17) is 21.1 Å². The number of ether oxygens (including phenoxy) is 2. The van der Waals surface area contributed by atoms with Gasteiger partial charge in [0.1, 0.15) is 18.1 Å². The number of methoxy groups -OCH3 is 1. The van der Waals surface area contributed by atoms with Crippen LogP contribution in [0, 0.1) is 5.82 Å². The van der Waals surface area contributed by atoms with E-state index in [1.165, 1.54) is 67.8 Å². The van der Waals surface area contributed by atoms with Crippen molar-refractivity contribution in [3.05, 3.63) is 83.1 Å². The number of hydrogen-bond donors (Lipinski definition) is 1. The molecule has 0 aliphatic heterocycles. The zero-order valence-corrected chi connectivity index (χ0v) is 20.4. The first-order valence-electron chi connectivity index (χ1n) is 10.3. The van der Waals surface area contributed by atoms with Crippen LogP contribution in [0.2, 0.25) is 5.02 Å². The second kappa shape index (κ2) is 11.2. The number of esters is 1. The Balaban J connectivity index is 1.89. The van der Waals surface area contributed by atoms with Gasteiger partial charge in [0.25, 0.3) is 10.0 Å². The van der Waals surface area contributed by atoms with Gasteiger partial charge in [-0.05, 0) is 61.5 Å². The third-order valence-corrected chi connectivity index (χ3v) is 6.89. The van der Waals surface area contributed by atoms with Crippen LogP contribution in [0.5, 0.6) is 5.75 Å². The highest BCUT2D eigenvalue weighted by Crippen LogP contribution is 2.28. The van der Waals surface area contributed by atoms with Crippen LogP contribution in [0.25, 0.3) is 0 Å². The molecule has 0 spiro atoms. The van der Waals surface area contributed by atoms with Crippen LogP contribution in [0.3, 0.4) is 0 Å². The third-order valence-electron chi connectivity index (χ3n) is 4.80. The first-order chi connectivity index (χ1) is 16.7. The molecule has 3 aromatic rings. The molecule has 1 amide bonds. The molecule has 184 valence electrons. The number of nitrogens with one attached hydrogen (secondary N) is 1. The standard InChI is InChI=1S/C24H22ClFN2O6S/c1-3-34-24(30)19-13-8-16(14-20(19)25)27-23(29)15-28(22-7-5-4-6-21(22)26)35(31,32)18-11-9-17(33-2)10-12-18/h4-14H,3,15H2,1-2H3,(H,27,29). The fourth-order valence-corrected chi connectivity index (χ4v) is 4.81. The van der Waals surface area contributed by atoms with Gasteiger partial charge in [-0.1, -0.05) is 23.7 Å². The molecule has 0 fully saturated rings. The van der Waals surface area contributed by atoms with Gasteiger partial charge >= 0.3 is 5.97 Å².